The molecule has 0 aliphatic heterocycles. The predicted molar refractivity (Wildman–Crippen MR) is 72.2 cm³/mol. The molecule has 6 nitrogen and oxygen atoms in total. The number of anilines is 1. The number of aromatic amines is 1. The summed E-state index contributed by atoms with van der Waals surface area (Å²) in [5.41, 5.74) is 5.87. The van der Waals surface area contributed by atoms with Gasteiger partial charge in [0, 0.05) is 24.6 Å². The Morgan fingerprint density at radius 1 is 1.58 bits per heavy atom. The topological polar surface area (TPSA) is 93.0 Å². The van der Waals surface area contributed by atoms with Crippen molar-refractivity contribution in [2.75, 3.05) is 11.9 Å². The molecule has 6 heteroatoms. The van der Waals surface area contributed by atoms with Gasteiger partial charge in [-0.15, -0.1) is 0 Å². The number of nitrogens with two attached hydrogens (primary N) is 1. The molecule has 2 fully saturated rings. The zero-order valence-corrected chi connectivity index (χ0v) is 11.1. The van der Waals surface area contributed by atoms with Gasteiger partial charge in [0.1, 0.15) is 11.6 Å². The first-order valence-corrected chi connectivity index (χ1v) is 6.92. The lowest BCUT2D eigenvalue weighted by molar-refractivity contribution is -0.0127. The molecule has 1 aromatic rings. The molecule has 104 valence electrons. The molecule has 0 radical (unpaired) electrons. The quantitative estimate of drug-likeness (QED) is 0.722. The third kappa shape index (κ3) is 2.64. The average Bonchev–Trinajstić information content (AvgIpc) is 3.19. The molecule has 0 aromatic carbocycles. The molecule has 1 heterocycles. The van der Waals surface area contributed by atoms with Gasteiger partial charge in [-0.1, -0.05) is 0 Å². The Morgan fingerprint density at radius 3 is 3.00 bits per heavy atom. The second kappa shape index (κ2) is 4.94. The largest absolute Gasteiger partial charge is 0.376 e. The van der Waals surface area contributed by atoms with Gasteiger partial charge < -0.3 is 20.8 Å². The maximum absolute atomic E-state index is 11.6. The van der Waals surface area contributed by atoms with Crippen molar-refractivity contribution in [2.45, 2.75) is 50.3 Å². The first-order chi connectivity index (χ1) is 9.17. The monoisotopic (exact) mass is 264 g/mol. The van der Waals surface area contributed by atoms with Gasteiger partial charge in [-0.2, -0.15) is 0 Å². The van der Waals surface area contributed by atoms with E-state index in [9.17, 15) is 4.79 Å². The minimum Gasteiger partial charge on any atom is -0.376 e. The highest BCUT2D eigenvalue weighted by Crippen LogP contribution is 2.37. The lowest BCUT2D eigenvalue weighted by Gasteiger charge is -2.42. The summed E-state index contributed by atoms with van der Waals surface area (Å²) in [4.78, 5) is 18.9. The number of hydrogen-bond acceptors (Lipinski definition) is 5. The molecular formula is C13H20N4O2. The Balaban J connectivity index is 1.73. The highest BCUT2D eigenvalue weighted by molar-refractivity contribution is 5.37. The minimum absolute atomic E-state index is 0.0429. The summed E-state index contributed by atoms with van der Waals surface area (Å²) >= 11 is 0. The summed E-state index contributed by atoms with van der Waals surface area (Å²) in [5, 5.41) is 3.25. The van der Waals surface area contributed by atoms with E-state index in [0.29, 0.717) is 18.3 Å². The van der Waals surface area contributed by atoms with Crippen LogP contribution in [0.2, 0.25) is 0 Å². The van der Waals surface area contributed by atoms with Gasteiger partial charge in [0.25, 0.3) is 5.56 Å². The summed E-state index contributed by atoms with van der Waals surface area (Å²) in [5.74, 6) is 1.82. The molecule has 2 aliphatic carbocycles. The average molecular weight is 264 g/mol. The number of nitrogens with zero attached hydrogens (tertiary/aromatic N) is 1. The SMILES string of the molecule is CCOC1CC(N)C1Nc1cc(=O)[nH]c(C2CC2)n1. The van der Waals surface area contributed by atoms with Crippen LogP contribution in [0, 0.1) is 0 Å². The zero-order valence-electron chi connectivity index (χ0n) is 11.1. The first-order valence-electron chi connectivity index (χ1n) is 6.92. The van der Waals surface area contributed by atoms with Crippen molar-refractivity contribution in [3.63, 3.8) is 0 Å². The molecule has 3 unspecified atom stereocenters. The van der Waals surface area contributed by atoms with Crippen LogP contribution < -0.4 is 16.6 Å². The number of aromatic nitrogens is 2. The Hall–Kier alpha value is -1.40. The Labute approximate surface area is 111 Å². The van der Waals surface area contributed by atoms with E-state index in [1.54, 1.807) is 0 Å². The zero-order chi connectivity index (χ0) is 13.4. The van der Waals surface area contributed by atoms with Crippen LogP contribution in [0.4, 0.5) is 5.82 Å². The van der Waals surface area contributed by atoms with Gasteiger partial charge in [-0.3, -0.25) is 4.79 Å². The van der Waals surface area contributed by atoms with Gasteiger partial charge in [-0.25, -0.2) is 4.98 Å². The standard InChI is InChI=1S/C13H20N4O2/c1-2-19-9-5-8(14)12(9)15-10-6-11(18)17-13(16-10)7-3-4-7/h6-9,12H,2-5,14H2,1H3,(H2,15,16,17,18). The summed E-state index contributed by atoms with van der Waals surface area (Å²) < 4.78 is 5.60. The van der Waals surface area contributed by atoms with E-state index >= 15 is 0 Å². The highest BCUT2D eigenvalue weighted by Gasteiger charge is 2.39. The van der Waals surface area contributed by atoms with Crippen LogP contribution in [0.1, 0.15) is 37.9 Å². The molecule has 0 amide bonds. The summed E-state index contributed by atoms with van der Waals surface area (Å²) in [6.45, 7) is 2.64. The first kappa shape index (κ1) is 12.6. The van der Waals surface area contributed by atoms with Crippen molar-refractivity contribution in [2.24, 2.45) is 5.73 Å². The van der Waals surface area contributed by atoms with Crippen molar-refractivity contribution < 1.29 is 4.74 Å². The second-order valence-electron chi connectivity index (χ2n) is 5.35. The van der Waals surface area contributed by atoms with Gasteiger partial charge in [0.05, 0.1) is 12.1 Å². The van der Waals surface area contributed by atoms with E-state index in [4.69, 9.17) is 10.5 Å². The lowest BCUT2D eigenvalue weighted by Crippen LogP contribution is -2.60. The van der Waals surface area contributed by atoms with Gasteiger partial charge >= 0.3 is 0 Å². The smallest absolute Gasteiger partial charge is 0.252 e. The van der Waals surface area contributed by atoms with E-state index in [0.717, 1.165) is 25.1 Å². The predicted octanol–water partition coefficient (Wildman–Crippen LogP) is 0.564. The molecule has 2 aliphatic rings. The van der Waals surface area contributed by atoms with E-state index in [1.807, 2.05) is 6.92 Å². The maximum atomic E-state index is 11.6. The van der Waals surface area contributed by atoms with Crippen LogP contribution in [-0.4, -0.2) is 34.8 Å². The molecule has 19 heavy (non-hydrogen) atoms. The van der Waals surface area contributed by atoms with Crippen LogP contribution in [0.25, 0.3) is 0 Å². The number of hydrogen-bond donors (Lipinski definition) is 3. The Bertz CT molecular complexity index is 510. The number of rotatable bonds is 5. The lowest BCUT2D eigenvalue weighted by atomic mass is 9.83. The fourth-order valence-electron chi connectivity index (χ4n) is 2.50. The molecular weight excluding hydrogens is 244 g/mol. The van der Waals surface area contributed by atoms with Crippen molar-refractivity contribution in [3.8, 4) is 0 Å². The second-order valence-corrected chi connectivity index (χ2v) is 5.35. The molecule has 0 saturated heterocycles. The van der Waals surface area contributed by atoms with Crippen LogP contribution in [0.5, 0.6) is 0 Å². The van der Waals surface area contributed by atoms with Gasteiger partial charge in [-0.05, 0) is 26.2 Å². The normalized spacial score (nSPS) is 29.9. The van der Waals surface area contributed by atoms with Gasteiger partial charge in [0.2, 0.25) is 0 Å². The summed E-state index contributed by atoms with van der Waals surface area (Å²) in [6, 6.07) is 1.59. The number of ether oxygens (including phenoxy) is 1. The van der Waals surface area contributed by atoms with Crippen LogP contribution in [0.15, 0.2) is 10.9 Å². The third-order valence-corrected chi connectivity index (χ3v) is 3.79. The highest BCUT2D eigenvalue weighted by atomic mass is 16.5. The van der Waals surface area contributed by atoms with Crippen molar-refractivity contribution in [1.82, 2.24) is 9.97 Å². The molecule has 3 rings (SSSR count). The van der Waals surface area contributed by atoms with Crippen molar-refractivity contribution in [3.05, 3.63) is 22.2 Å². The third-order valence-electron chi connectivity index (χ3n) is 3.79. The molecule has 4 N–H and O–H groups in total. The Kier molecular flexibility index (Phi) is 3.28. The van der Waals surface area contributed by atoms with E-state index < -0.39 is 0 Å². The molecule has 0 bridgehead atoms. The van der Waals surface area contributed by atoms with Crippen molar-refractivity contribution in [1.29, 1.82) is 0 Å². The number of H-pyrrole nitrogens is 1. The maximum Gasteiger partial charge on any atom is 0.252 e. The van der Waals surface area contributed by atoms with Crippen LogP contribution in [-0.2, 0) is 4.74 Å². The summed E-state index contributed by atoms with van der Waals surface area (Å²) in [6.07, 6.45) is 3.18. The number of nitrogens with one attached hydrogen (secondary N) is 2. The molecule has 1 aromatic heterocycles. The van der Waals surface area contributed by atoms with E-state index in [1.165, 1.54) is 6.07 Å². The van der Waals surface area contributed by atoms with Crippen LogP contribution >= 0.6 is 0 Å². The van der Waals surface area contributed by atoms with E-state index in [2.05, 4.69) is 15.3 Å². The van der Waals surface area contributed by atoms with Crippen molar-refractivity contribution >= 4 is 5.82 Å². The van der Waals surface area contributed by atoms with Gasteiger partial charge in [0.15, 0.2) is 0 Å². The fraction of sp³-hybridized carbons (Fsp3) is 0.692. The van der Waals surface area contributed by atoms with E-state index in [-0.39, 0.29) is 23.7 Å². The summed E-state index contributed by atoms with van der Waals surface area (Å²) in [7, 11) is 0. The minimum atomic E-state index is -0.111. The Morgan fingerprint density at radius 2 is 2.37 bits per heavy atom. The fourth-order valence-corrected chi connectivity index (χ4v) is 2.50. The molecule has 2 saturated carbocycles. The van der Waals surface area contributed by atoms with Crippen LogP contribution in [0.3, 0.4) is 0 Å². The molecule has 0 spiro atoms. The molecule has 3 atom stereocenters.